The van der Waals surface area contributed by atoms with Crippen LogP contribution in [0.2, 0.25) is 0 Å². The molecule has 2 aliphatic heterocycles. The summed E-state index contributed by atoms with van der Waals surface area (Å²) in [5.74, 6) is 0.354. The number of anilines is 1. The van der Waals surface area contributed by atoms with Gasteiger partial charge < -0.3 is 24.4 Å². The molecular weight excluding hydrogens is 438 g/mol. The highest BCUT2D eigenvalue weighted by molar-refractivity contribution is 5.97. The molecule has 1 amide bonds. The van der Waals surface area contributed by atoms with E-state index in [9.17, 15) is 9.59 Å². The van der Waals surface area contributed by atoms with Crippen molar-refractivity contribution in [1.29, 1.82) is 0 Å². The number of nitrogens with zero attached hydrogens (tertiary/aromatic N) is 4. The van der Waals surface area contributed by atoms with E-state index in [0.717, 1.165) is 16.8 Å². The molecule has 0 unspecified atom stereocenters. The van der Waals surface area contributed by atoms with Gasteiger partial charge in [0, 0.05) is 55.7 Å². The first-order valence-electron chi connectivity index (χ1n) is 11.3. The number of nitrogens with one attached hydrogen (secondary N) is 1. The quantitative estimate of drug-likeness (QED) is 0.451. The van der Waals surface area contributed by atoms with Crippen LogP contribution < -0.4 is 10.1 Å². The zero-order chi connectivity index (χ0) is 23.7. The molecule has 5 rings (SSSR count). The first kappa shape index (κ1) is 22.3. The number of ether oxygens (including phenoxy) is 3. The number of fused-ring (bicyclic) bond motifs is 5. The Kier molecular flexibility index (Phi) is 6.16. The molecule has 10 nitrogen and oxygen atoms in total. The lowest BCUT2D eigenvalue weighted by molar-refractivity contribution is -0.138. The zero-order valence-corrected chi connectivity index (χ0v) is 19.2. The minimum atomic E-state index is -0.524. The standard InChI is InChI=1S/C24H27N5O5/c1-15(30)16-9-17-11-18(10-16)25-4-6-28-19(12-21(24(28)31)33-8-7-32-2)14-34-22-3-5-29-23(27-22)20(17)13-26-29/h3,5,9-11,13,19,21,25H,4,6-8,12,14H2,1-2H3/t19-,21+/m0/s1. The van der Waals surface area contributed by atoms with Gasteiger partial charge in [-0.3, -0.25) is 9.59 Å². The van der Waals surface area contributed by atoms with Crippen molar-refractivity contribution in [3.63, 3.8) is 0 Å². The van der Waals surface area contributed by atoms with Crippen molar-refractivity contribution >= 4 is 23.0 Å². The summed E-state index contributed by atoms with van der Waals surface area (Å²) in [6.45, 7) is 3.62. The summed E-state index contributed by atoms with van der Waals surface area (Å²) in [5.41, 5.74) is 3.64. The van der Waals surface area contributed by atoms with E-state index in [2.05, 4.69) is 15.4 Å². The third kappa shape index (κ3) is 4.34. The van der Waals surface area contributed by atoms with Crippen LogP contribution in [0.5, 0.6) is 5.88 Å². The van der Waals surface area contributed by atoms with Crippen molar-refractivity contribution in [2.45, 2.75) is 25.5 Å². The van der Waals surface area contributed by atoms with E-state index < -0.39 is 6.10 Å². The number of Topliss-reactive ketones (excluding diaryl/α,β-unsaturated/α-hetero) is 1. The second-order valence-corrected chi connectivity index (χ2v) is 8.46. The van der Waals surface area contributed by atoms with Crippen molar-refractivity contribution < 1.29 is 23.8 Å². The number of rotatable bonds is 5. The molecule has 1 saturated heterocycles. The second-order valence-electron chi connectivity index (χ2n) is 8.46. The Bertz CT molecular complexity index is 1230. The number of amides is 1. The lowest BCUT2D eigenvalue weighted by Gasteiger charge is -2.25. The lowest BCUT2D eigenvalue weighted by Crippen LogP contribution is -2.41. The van der Waals surface area contributed by atoms with E-state index >= 15 is 0 Å². The van der Waals surface area contributed by atoms with Gasteiger partial charge >= 0.3 is 0 Å². The Morgan fingerprint density at radius 3 is 3.00 bits per heavy atom. The predicted octanol–water partition coefficient (Wildman–Crippen LogP) is 2.04. The monoisotopic (exact) mass is 465 g/mol. The van der Waals surface area contributed by atoms with E-state index in [1.165, 1.54) is 0 Å². The number of methoxy groups -OCH3 is 1. The third-order valence-electron chi connectivity index (χ3n) is 6.19. The van der Waals surface area contributed by atoms with Crippen LogP contribution >= 0.6 is 0 Å². The zero-order valence-electron chi connectivity index (χ0n) is 19.2. The number of carbonyl (C=O) groups is 2. The van der Waals surface area contributed by atoms with Crippen LogP contribution in [-0.4, -0.2) is 83.4 Å². The van der Waals surface area contributed by atoms with Gasteiger partial charge in [0.05, 0.1) is 25.5 Å². The van der Waals surface area contributed by atoms with E-state index in [0.29, 0.717) is 56.4 Å². The van der Waals surface area contributed by atoms with Gasteiger partial charge in [0.15, 0.2) is 11.4 Å². The third-order valence-corrected chi connectivity index (χ3v) is 6.19. The van der Waals surface area contributed by atoms with Crippen molar-refractivity contribution in [2.75, 3.05) is 45.3 Å². The number of aromatic nitrogens is 3. The van der Waals surface area contributed by atoms with Gasteiger partial charge in [0.2, 0.25) is 5.88 Å². The first-order chi connectivity index (χ1) is 16.5. The summed E-state index contributed by atoms with van der Waals surface area (Å²) >= 11 is 0. The molecule has 1 N–H and O–H groups in total. The summed E-state index contributed by atoms with van der Waals surface area (Å²) in [6.07, 6.45) is 3.53. The molecule has 178 valence electrons. The fraction of sp³-hybridized carbons (Fsp3) is 0.417. The molecular formula is C24H27N5O5. The van der Waals surface area contributed by atoms with Gasteiger partial charge in [0.1, 0.15) is 12.7 Å². The molecule has 1 fully saturated rings. The first-order valence-corrected chi connectivity index (χ1v) is 11.3. The molecule has 0 saturated carbocycles. The van der Waals surface area contributed by atoms with Gasteiger partial charge in [0.25, 0.3) is 5.91 Å². The van der Waals surface area contributed by atoms with Crippen molar-refractivity contribution in [3.8, 4) is 17.0 Å². The molecule has 2 atom stereocenters. The van der Waals surface area contributed by atoms with E-state index in [4.69, 9.17) is 14.2 Å². The van der Waals surface area contributed by atoms with Crippen LogP contribution in [0.1, 0.15) is 23.7 Å². The topological polar surface area (TPSA) is 107 Å². The summed E-state index contributed by atoms with van der Waals surface area (Å²) in [6, 6.07) is 7.23. The fourth-order valence-electron chi connectivity index (χ4n) is 4.43. The molecule has 0 radical (unpaired) electrons. The van der Waals surface area contributed by atoms with Gasteiger partial charge in [-0.05, 0) is 30.7 Å². The maximum Gasteiger partial charge on any atom is 0.252 e. The Hall–Kier alpha value is -3.50. The number of hydrogen-bond acceptors (Lipinski definition) is 8. The van der Waals surface area contributed by atoms with Crippen LogP contribution in [0.25, 0.3) is 16.8 Å². The van der Waals surface area contributed by atoms with Gasteiger partial charge in [-0.2, -0.15) is 10.1 Å². The summed E-state index contributed by atoms with van der Waals surface area (Å²) in [7, 11) is 1.60. The normalized spacial score (nSPS) is 20.1. The summed E-state index contributed by atoms with van der Waals surface area (Å²) < 4.78 is 18.5. The molecule has 1 aromatic carbocycles. The lowest BCUT2D eigenvalue weighted by atomic mass is 10.0. The molecule has 10 heteroatoms. The molecule has 3 aromatic rings. The SMILES string of the molecule is COCCO[C@@H]1C[C@H]2COc3ccn4ncc(c4n3)-c3cc(cc(C(C)=O)c3)NCCN2C1=O. The Morgan fingerprint density at radius 1 is 1.29 bits per heavy atom. The van der Waals surface area contributed by atoms with Crippen molar-refractivity contribution in [1.82, 2.24) is 19.5 Å². The fourth-order valence-corrected chi connectivity index (χ4v) is 4.43. The highest BCUT2D eigenvalue weighted by Crippen LogP contribution is 2.30. The maximum absolute atomic E-state index is 13.1. The minimum Gasteiger partial charge on any atom is -0.475 e. The number of benzene rings is 1. The van der Waals surface area contributed by atoms with E-state index in [-0.39, 0.29) is 17.7 Å². The van der Waals surface area contributed by atoms with Crippen molar-refractivity contribution in [2.24, 2.45) is 0 Å². The van der Waals surface area contributed by atoms with E-state index in [1.54, 1.807) is 41.9 Å². The molecule has 2 aromatic heterocycles. The molecule has 0 spiro atoms. The Labute approximate surface area is 196 Å². The average Bonchev–Trinajstić information content (AvgIpc) is 3.38. The number of carbonyl (C=O) groups excluding carboxylic acids is 2. The van der Waals surface area contributed by atoms with Crippen LogP contribution in [0.4, 0.5) is 5.69 Å². The van der Waals surface area contributed by atoms with Crippen molar-refractivity contribution in [3.05, 3.63) is 42.2 Å². The van der Waals surface area contributed by atoms with Crippen LogP contribution in [0, 0.1) is 0 Å². The molecule has 4 heterocycles. The molecule has 34 heavy (non-hydrogen) atoms. The summed E-state index contributed by atoms with van der Waals surface area (Å²) in [4.78, 5) is 31.7. The molecule has 2 aliphatic rings. The Morgan fingerprint density at radius 2 is 2.18 bits per heavy atom. The van der Waals surface area contributed by atoms with Gasteiger partial charge in [-0.15, -0.1) is 0 Å². The predicted molar refractivity (Wildman–Crippen MR) is 124 cm³/mol. The minimum absolute atomic E-state index is 0.0368. The average molecular weight is 466 g/mol. The molecule has 0 aliphatic carbocycles. The largest absolute Gasteiger partial charge is 0.475 e. The summed E-state index contributed by atoms with van der Waals surface area (Å²) in [5, 5.41) is 7.77. The highest BCUT2D eigenvalue weighted by atomic mass is 16.5. The van der Waals surface area contributed by atoms with Gasteiger partial charge in [-0.25, -0.2) is 4.52 Å². The smallest absolute Gasteiger partial charge is 0.252 e. The van der Waals surface area contributed by atoms with Crippen LogP contribution in [-0.2, 0) is 14.3 Å². The Balaban J connectivity index is 1.50. The number of ketones is 1. The number of hydrogen-bond donors (Lipinski definition) is 1. The van der Waals surface area contributed by atoms with Gasteiger partial charge in [-0.1, -0.05) is 0 Å². The van der Waals surface area contributed by atoms with E-state index in [1.807, 2.05) is 18.2 Å². The van der Waals surface area contributed by atoms with Crippen LogP contribution in [0.15, 0.2) is 36.7 Å². The molecule has 4 bridgehead atoms. The van der Waals surface area contributed by atoms with Crippen LogP contribution in [0.3, 0.4) is 0 Å². The maximum atomic E-state index is 13.1. The second kappa shape index (κ2) is 9.40. The highest BCUT2D eigenvalue weighted by Gasteiger charge is 2.40.